The highest BCUT2D eigenvalue weighted by atomic mass is 19.1. The molecule has 18 heavy (non-hydrogen) atoms. The van der Waals surface area contributed by atoms with E-state index in [1.54, 1.807) is 6.07 Å². The molecule has 0 aromatic heterocycles. The third-order valence-corrected chi connectivity index (χ3v) is 3.23. The fourth-order valence-corrected chi connectivity index (χ4v) is 2.39. The Kier molecular flexibility index (Phi) is 3.48. The lowest BCUT2D eigenvalue weighted by Gasteiger charge is -2.12. The van der Waals surface area contributed by atoms with E-state index >= 15 is 0 Å². The van der Waals surface area contributed by atoms with Crippen molar-refractivity contribution in [3.63, 3.8) is 0 Å². The molecular formula is C16H18FN. The van der Waals surface area contributed by atoms with Crippen LogP contribution in [0, 0.1) is 26.6 Å². The highest BCUT2D eigenvalue weighted by molar-refractivity contribution is 5.71. The van der Waals surface area contributed by atoms with Gasteiger partial charge in [0.1, 0.15) is 5.82 Å². The van der Waals surface area contributed by atoms with Crippen LogP contribution in [0.2, 0.25) is 0 Å². The summed E-state index contributed by atoms with van der Waals surface area (Å²) < 4.78 is 14.1. The Morgan fingerprint density at radius 2 is 1.72 bits per heavy atom. The third kappa shape index (κ3) is 2.29. The quantitative estimate of drug-likeness (QED) is 0.851. The predicted molar refractivity (Wildman–Crippen MR) is 73.9 cm³/mol. The van der Waals surface area contributed by atoms with Crippen molar-refractivity contribution in [2.24, 2.45) is 5.73 Å². The van der Waals surface area contributed by atoms with Crippen LogP contribution in [0.15, 0.2) is 30.3 Å². The molecule has 1 nitrogen and oxygen atoms in total. The summed E-state index contributed by atoms with van der Waals surface area (Å²) >= 11 is 0. The molecule has 0 fully saturated rings. The lowest BCUT2D eigenvalue weighted by atomic mass is 9.93. The highest BCUT2D eigenvalue weighted by Gasteiger charge is 2.11. The van der Waals surface area contributed by atoms with Crippen LogP contribution < -0.4 is 5.73 Å². The second kappa shape index (κ2) is 4.91. The molecule has 0 unspecified atom stereocenters. The number of nitrogens with two attached hydrogens (primary N) is 1. The normalized spacial score (nSPS) is 10.7. The number of benzene rings is 2. The molecule has 0 aliphatic carbocycles. The van der Waals surface area contributed by atoms with Gasteiger partial charge in [-0.1, -0.05) is 24.3 Å². The van der Waals surface area contributed by atoms with Crippen LogP contribution in [-0.4, -0.2) is 0 Å². The van der Waals surface area contributed by atoms with Gasteiger partial charge in [0.25, 0.3) is 0 Å². The monoisotopic (exact) mass is 243 g/mol. The van der Waals surface area contributed by atoms with Crippen LogP contribution in [-0.2, 0) is 6.54 Å². The molecule has 2 N–H and O–H groups in total. The Morgan fingerprint density at radius 1 is 1.00 bits per heavy atom. The van der Waals surface area contributed by atoms with Gasteiger partial charge >= 0.3 is 0 Å². The lowest BCUT2D eigenvalue weighted by molar-refractivity contribution is 0.629. The molecule has 0 radical (unpaired) electrons. The van der Waals surface area contributed by atoms with Gasteiger partial charge in [-0.15, -0.1) is 0 Å². The minimum Gasteiger partial charge on any atom is -0.326 e. The van der Waals surface area contributed by atoms with Crippen molar-refractivity contribution in [1.29, 1.82) is 0 Å². The summed E-state index contributed by atoms with van der Waals surface area (Å²) in [6, 6.07) is 9.53. The number of halogens is 1. The van der Waals surface area contributed by atoms with Crippen LogP contribution >= 0.6 is 0 Å². The SMILES string of the molecule is Cc1cc(C)c(-c2ccc(CN)cc2C)c(F)c1. The van der Waals surface area contributed by atoms with Gasteiger partial charge in [0, 0.05) is 12.1 Å². The van der Waals surface area contributed by atoms with Gasteiger partial charge in [-0.3, -0.25) is 0 Å². The molecule has 0 aliphatic rings. The van der Waals surface area contributed by atoms with Gasteiger partial charge in [0.15, 0.2) is 0 Å². The first-order valence-corrected chi connectivity index (χ1v) is 6.09. The van der Waals surface area contributed by atoms with E-state index in [2.05, 4.69) is 0 Å². The zero-order valence-electron chi connectivity index (χ0n) is 11.0. The smallest absolute Gasteiger partial charge is 0.131 e. The maximum Gasteiger partial charge on any atom is 0.131 e. The number of hydrogen-bond donors (Lipinski definition) is 1. The topological polar surface area (TPSA) is 26.0 Å². The molecule has 2 aromatic carbocycles. The van der Waals surface area contributed by atoms with Crippen molar-refractivity contribution < 1.29 is 4.39 Å². The maximum atomic E-state index is 14.1. The Morgan fingerprint density at radius 3 is 2.28 bits per heavy atom. The molecule has 0 heterocycles. The van der Waals surface area contributed by atoms with E-state index in [9.17, 15) is 4.39 Å². The van der Waals surface area contributed by atoms with Crippen molar-refractivity contribution in [1.82, 2.24) is 0 Å². The first kappa shape index (κ1) is 12.8. The van der Waals surface area contributed by atoms with Crippen molar-refractivity contribution in [3.05, 3.63) is 58.4 Å². The molecule has 0 aliphatic heterocycles. The molecule has 0 spiro atoms. The number of rotatable bonds is 2. The lowest BCUT2D eigenvalue weighted by Crippen LogP contribution is -1.98. The predicted octanol–water partition coefficient (Wildman–Crippen LogP) is 3.88. The average Bonchev–Trinajstić information content (AvgIpc) is 2.29. The summed E-state index contributed by atoms with van der Waals surface area (Å²) in [6.07, 6.45) is 0. The minimum absolute atomic E-state index is 0.156. The van der Waals surface area contributed by atoms with Crippen molar-refractivity contribution >= 4 is 0 Å². The van der Waals surface area contributed by atoms with E-state index in [4.69, 9.17) is 5.73 Å². The maximum absolute atomic E-state index is 14.1. The number of aryl methyl sites for hydroxylation is 3. The van der Waals surface area contributed by atoms with E-state index in [-0.39, 0.29) is 5.82 Å². The van der Waals surface area contributed by atoms with E-state index in [1.165, 1.54) is 0 Å². The summed E-state index contributed by atoms with van der Waals surface area (Å²) in [5.74, 6) is -0.156. The van der Waals surface area contributed by atoms with Crippen molar-refractivity contribution in [3.8, 4) is 11.1 Å². The molecule has 0 saturated heterocycles. The van der Waals surface area contributed by atoms with Gasteiger partial charge in [-0.2, -0.15) is 0 Å². The van der Waals surface area contributed by atoms with Crippen LogP contribution in [0.5, 0.6) is 0 Å². The fraction of sp³-hybridized carbons (Fsp3) is 0.250. The average molecular weight is 243 g/mol. The van der Waals surface area contributed by atoms with Crippen LogP contribution in [0.4, 0.5) is 4.39 Å². The second-order valence-electron chi connectivity index (χ2n) is 4.79. The molecule has 0 saturated carbocycles. The summed E-state index contributed by atoms with van der Waals surface area (Å²) in [7, 11) is 0. The first-order valence-electron chi connectivity index (χ1n) is 6.09. The Hall–Kier alpha value is -1.67. The number of hydrogen-bond acceptors (Lipinski definition) is 1. The molecule has 0 amide bonds. The van der Waals surface area contributed by atoms with Gasteiger partial charge in [0.05, 0.1) is 0 Å². The second-order valence-corrected chi connectivity index (χ2v) is 4.79. The molecular weight excluding hydrogens is 225 g/mol. The standard InChI is InChI=1S/C16H18FN/c1-10-6-12(3)16(15(17)7-10)14-5-4-13(9-18)8-11(14)2/h4-8H,9,18H2,1-3H3. The highest BCUT2D eigenvalue weighted by Crippen LogP contribution is 2.30. The van der Waals surface area contributed by atoms with Gasteiger partial charge < -0.3 is 5.73 Å². The summed E-state index contributed by atoms with van der Waals surface area (Å²) in [5, 5.41) is 0. The minimum atomic E-state index is -0.156. The largest absolute Gasteiger partial charge is 0.326 e. The third-order valence-electron chi connectivity index (χ3n) is 3.23. The summed E-state index contributed by atoms with van der Waals surface area (Å²) in [6.45, 7) is 6.36. The molecule has 0 bridgehead atoms. The zero-order valence-corrected chi connectivity index (χ0v) is 11.0. The van der Waals surface area contributed by atoms with Crippen LogP contribution in [0.1, 0.15) is 22.3 Å². The van der Waals surface area contributed by atoms with E-state index in [1.807, 2.05) is 45.0 Å². The van der Waals surface area contributed by atoms with Gasteiger partial charge in [-0.25, -0.2) is 4.39 Å². The van der Waals surface area contributed by atoms with Gasteiger partial charge in [-0.05, 0) is 54.7 Å². The Labute approximate surface area is 107 Å². The van der Waals surface area contributed by atoms with E-state index in [0.717, 1.165) is 27.8 Å². The zero-order chi connectivity index (χ0) is 13.3. The van der Waals surface area contributed by atoms with Gasteiger partial charge in [0.2, 0.25) is 0 Å². The molecule has 2 heteroatoms. The fourth-order valence-electron chi connectivity index (χ4n) is 2.39. The summed E-state index contributed by atoms with van der Waals surface area (Å²) in [5.41, 5.74) is 11.3. The first-order chi connectivity index (χ1) is 8.52. The van der Waals surface area contributed by atoms with E-state index < -0.39 is 0 Å². The molecule has 0 atom stereocenters. The van der Waals surface area contributed by atoms with Crippen LogP contribution in [0.3, 0.4) is 0 Å². The van der Waals surface area contributed by atoms with Crippen LogP contribution in [0.25, 0.3) is 11.1 Å². The molecule has 2 rings (SSSR count). The summed E-state index contributed by atoms with van der Waals surface area (Å²) in [4.78, 5) is 0. The van der Waals surface area contributed by atoms with E-state index in [0.29, 0.717) is 12.1 Å². The Balaban J connectivity index is 2.62. The van der Waals surface area contributed by atoms with Crippen molar-refractivity contribution in [2.45, 2.75) is 27.3 Å². The molecule has 2 aromatic rings. The molecule has 94 valence electrons. The van der Waals surface area contributed by atoms with Crippen molar-refractivity contribution in [2.75, 3.05) is 0 Å². The Bertz CT molecular complexity index is 565.